The van der Waals surface area contributed by atoms with E-state index in [0.29, 0.717) is 17.3 Å². The van der Waals surface area contributed by atoms with Crippen molar-refractivity contribution >= 4 is 5.91 Å². The highest BCUT2D eigenvalue weighted by Gasteiger charge is 2.16. The van der Waals surface area contributed by atoms with Gasteiger partial charge in [-0.3, -0.25) is 9.78 Å². The van der Waals surface area contributed by atoms with E-state index in [1.165, 1.54) is 7.05 Å². The van der Waals surface area contributed by atoms with E-state index in [4.69, 9.17) is 9.26 Å². The van der Waals surface area contributed by atoms with Gasteiger partial charge in [-0.1, -0.05) is 5.16 Å². The van der Waals surface area contributed by atoms with Crippen molar-refractivity contribution in [1.29, 1.82) is 0 Å². The zero-order valence-electron chi connectivity index (χ0n) is 14.1. The highest BCUT2D eigenvalue weighted by Crippen LogP contribution is 2.25. The molecule has 0 aliphatic rings. The second-order valence-electron chi connectivity index (χ2n) is 5.38. The van der Waals surface area contributed by atoms with Crippen LogP contribution >= 0.6 is 0 Å². The number of amides is 1. The third-order valence-corrected chi connectivity index (χ3v) is 3.63. The van der Waals surface area contributed by atoms with Crippen molar-refractivity contribution in [1.82, 2.24) is 25.7 Å². The molecule has 3 heterocycles. The van der Waals surface area contributed by atoms with Crippen LogP contribution in [0.1, 0.15) is 27.5 Å². The maximum atomic E-state index is 11.5. The quantitative estimate of drug-likeness (QED) is 0.759. The Morgan fingerprint density at radius 3 is 2.68 bits per heavy atom. The number of hydrogen-bond donors (Lipinski definition) is 1. The van der Waals surface area contributed by atoms with Gasteiger partial charge in [-0.15, -0.1) is 10.2 Å². The fourth-order valence-corrected chi connectivity index (χ4v) is 2.19. The van der Waals surface area contributed by atoms with Gasteiger partial charge in [-0.25, -0.2) is 0 Å². The summed E-state index contributed by atoms with van der Waals surface area (Å²) >= 11 is 0. The van der Waals surface area contributed by atoms with Gasteiger partial charge in [0.2, 0.25) is 5.88 Å². The molecule has 3 rings (SSSR count). The van der Waals surface area contributed by atoms with Gasteiger partial charge >= 0.3 is 0 Å². The Labute approximate surface area is 144 Å². The van der Waals surface area contributed by atoms with Gasteiger partial charge in [-0.05, 0) is 32.0 Å². The van der Waals surface area contributed by atoms with Gasteiger partial charge in [0.1, 0.15) is 18.1 Å². The zero-order valence-corrected chi connectivity index (χ0v) is 14.1. The van der Waals surface area contributed by atoms with Crippen LogP contribution in [-0.2, 0) is 6.61 Å². The molecule has 0 fully saturated rings. The fraction of sp³-hybridized carbons (Fsp3) is 0.235. The molecule has 0 saturated carbocycles. The molecular weight excluding hydrogens is 322 g/mol. The second-order valence-corrected chi connectivity index (χ2v) is 5.38. The van der Waals surface area contributed by atoms with Crippen LogP contribution in [0.3, 0.4) is 0 Å². The van der Waals surface area contributed by atoms with E-state index in [1.807, 2.05) is 26.0 Å². The summed E-state index contributed by atoms with van der Waals surface area (Å²) in [4.78, 5) is 15.7. The lowest BCUT2D eigenvalue weighted by atomic mass is 10.1. The van der Waals surface area contributed by atoms with E-state index in [9.17, 15) is 4.79 Å². The minimum Gasteiger partial charge on any atom is -0.472 e. The van der Waals surface area contributed by atoms with E-state index in [2.05, 4.69) is 25.7 Å². The third-order valence-electron chi connectivity index (χ3n) is 3.63. The number of rotatable bonds is 5. The lowest BCUT2D eigenvalue weighted by Crippen LogP contribution is -2.19. The van der Waals surface area contributed by atoms with Crippen LogP contribution in [0.25, 0.3) is 11.3 Å². The summed E-state index contributed by atoms with van der Waals surface area (Å²) in [6, 6.07) is 6.98. The van der Waals surface area contributed by atoms with Crippen molar-refractivity contribution in [3.63, 3.8) is 0 Å². The Balaban J connectivity index is 1.76. The first-order valence-corrected chi connectivity index (χ1v) is 7.65. The van der Waals surface area contributed by atoms with Crippen LogP contribution in [0.15, 0.2) is 35.0 Å². The summed E-state index contributed by atoms with van der Waals surface area (Å²) in [6.07, 6.45) is 1.74. The molecule has 0 spiro atoms. The van der Waals surface area contributed by atoms with Gasteiger partial charge in [0, 0.05) is 30.6 Å². The Hall–Kier alpha value is -3.29. The smallest absolute Gasteiger partial charge is 0.271 e. The van der Waals surface area contributed by atoms with Gasteiger partial charge < -0.3 is 14.6 Å². The highest BCUT2D eigenvalue weighted by molar-refractivity contribution is 5.91. The number of nitrogens with zero attached hydrogens (tertiary/aromatic N) is 4. The molecular formula is C17H17N5O3. The van der Waals surface area contributed by atoms with Crippen LogP contribution in [0, 0.1) is 13.8 Å². The maximum absolute atomic E-state index is 11.5. The van der Waals surface area contributed by atoms with Crippen molar-refractivity contribution in [2.24, 2.45) is 0 Å². The van der Waals surface area contributed by atoms with E-state index in [1.54, 1.807) is 18.3 Å². The topological polar surface area (TPSA) is 103 Å². The van der Waals surface area contributed by atoms with E-state index < -0.39 is 0 Å². The van der Waals surface area contributed by atoms with Crippen molar-refractivity contribution in [3.8, 4) is 17.1 Å². The molecule has 3 aromatic heterocycles. The van der Waals surface area contributed by atoms with E-state index in [-0.39, 0.29) is 18.2 Å². The molecule has 0 atom stereocenters. The molecule has 25 heavy (non-hydrogen) atoms. The van der Waals surface area contributed by atoms with Crippen molar-refractivity contribution in [3.05, 3.63) is 53.2 Å². The minimum atomic E-state index is -0.303. The summed E-state index contributed by atoms with van der Waals surface area (Å²) in [6.45, 7) is 3.95. The Kier molecular flexibility index (Phi) is 4.69. The van der Waals surface area contributed by atoms with Crippen LogP contribution in [0.2, 0.25) is 0 Å². The van der Waals surface area contributed by atoms with Crippen molar-refractivity contribution < 1.29 is 14.1 Å². The first kappa shape index (κ1) is 16.6. The zero-order chi connectivity index (χ0) is 17.8. The molecule has 0 aromatic carbocycles. The highest BCUT2D eigenvalue weighted by atomic mass is 16.5. The number of hydrogen-bond acceptors (Lipinski definition) is 7. The molecule has 0 radical (unpaired) electrons. The van der Waals surface area contributed by atoms with Crippen LogP contribution < -0.4 is 10.1 Å². The number of pyridine rings is 1. The lowest BCUT2D eigenvalue weighted by Gasteiger charge is -2.06. The normalized spacial score (nSPS) is 10.5. The third kappa shape index (κ3) is 3.63. The number of aryl methyl sites for hydroxylation is 2. The van der Waals surface area contributed by atoms with E-state index >= 15 is 0 Å². The first-order valence-electron chi connectivity index (χ1n) is 7.65. The van der Waals surface area contributed by atoms with Crippen LogP contribution in [-0.4, -0.2) is 33.3 Å². The van der Waals surface area contributed by atoms with Gasteiger partial charge in [0.25, 0.3) is 5.91 Å². The molecule has 0 unspecified atom stereocenters. The Bertz CT molecular complexity index is 872. The standard InChI is InChI=1S/C17H17N5O3/c1-10-4-5-12(8-19-10)16-13(11(2)25-22-16)9-24-15-7-6-14(20-21-15)17(23)18-3/h4-8H,9H2,1-3H3,(H,18,23). The summed E-state index contributed by atoms with van der Waals surface area (Å²) in [5.41, 5.74) is 3.49. The van der Waals surface area contributed by atoms with Gasteiger partial charge in [0.15, 0.2) is 5.69 Å². The minimum absolute atomic E-state index is 0.215. The number of carbonyl (C=O) groups is 1. The number of nitrogens with one attached hydrogen (secondary N) is 1. The molecule has 0 bridgehead atoms. The summed E-state index contributed by atoms with van der Waals surface area (Å²) in [5.74, 6) is 0.662. The molecule has 0 aliphatic carbocycles. The molecule has 1 amide bonds. The van der Waals surface area contributed by atoms with Crippen molar-refractivity contribution in [2.75, 3.05) is 7.05 Å². The Morgan fingerprint density at radius 2 is 2.04 bits per heavy atom. The fourth-order valence-electron chi connectivity index (χ4n) is 2.19. The second kappa shape index (κ2) is 7.08. The molecule has 128 valence electrons. The summed E-state index contributed by atoms with van der Waals surface area (Å²) < 4.78 is 10.9. The maximum Gasteiger partial charge on any atom is 0.271 e. The molecule has 0 aliphatic heterocycles. The van der Waals surface area contributed by atoms with Crippen molar-refractivity contribution in [2.45, 2.75) is 20.5 Å². The predicted molar refractivity (Wildman–Crippen MR) is 89.0 cm³/mol. The predicted octanol–water partition coefficient (Wildman–Crippen LogP) is 2.08. The molecule has 1 N–H and O–H groups in total. The van der Waals surface area contributed by atoms with Gasteiger partial charge in [0.05, 0.1) is 5.56 Å². The summed E-state index contributed by atoms with van der Waals surface area (Å²) in [5, 5.41) is 14.3. The largest absolute Gasteiger partial charge is 0.472 e. The van der Waals surface area contributed by atoms with Crippen LogP contribution in [0.4, 0.5) is 0 Å². The van der Waals surface area contributed by atoms with Gasteiger partial charge in [-0.2, -0.15) is 0 Å². The summed E-state index contributed by atoms with van der Waals surface area (Å²) in [7, 11) is 1.53. The first-order chi connectivity index (χ1) is 12.1. The molecule has 3 aromatic rings. The number of ether oxygens (including phenoxy) is 1. The number of carbonyl (C=O) groups excluding carboxylic acids is 1. The SMILES string of the molecule is CNC(=O)c1ccc(OCc2c(-c3ccc(C)nc3)noc2C)nn1. The molecule has 8 nitrogen and oxygen atoms in total. The monoisotopic (exact) mass is 339 g/mol. The number of aromatic nitrogens is 4. The Morgan fingerprint density at radius 1 is 1.20 bits per heavy atom. The lowest BCUT2D eigenvalue weighted by molar-refractivity contribution is 0.0957. The molecule has 8 heteroatoms. The molecule has 0 saturated heterocycles. The average Bonchev–Trinajstić information content (AvgIpc) is 3.01. The van der Waals surface area contributed by atoms with Crippen LogP contribution in [0.5, 0.6) is 5.88 Å². The van der Waals surface area contributed by atoms with E-state index in [0.717, 1.165) is 16.8 Å². The average molecular weight is 339 g/mol.